The quantitative estimate of drug-likeness (QED) is 0.581. The molecule has 0 bridgehead atoms. The van der Waals surface area contributed by atoms with Crippen molar-refractivity contribution in [2.75, 3.05) is 6.54 Å². The van der Waals surface area contributed by atoms with E-state index in [2.05, 4.69) is 21.5 Å². The molecule has 1 N–H and O–H groups in total. The molecule has 4 rings (SSSR count). The number of hydrogen-bond acceptors (Lipinski definition) is 6. The van der Waals surface area contributed by atoms with E-state index in [4.69, 9.17) is 9.26 Å². The lowest BCUT2D eigenvalue weighted by atomic mass is 10.0. The number of aromatic nitrogens is 2. The summed E-state index contributed by atoms with van der Waals surface area (Å²) in [5, 5.41) is 16.5. The summed E-state index contributed by atoms with van der Waals surface area (Å²) in [6, 6.07) is 12.9. The lowest BCUT2D eigenvalue weighted by molar-refractivity contribution is 0.141. The van der Waals surface area contributed by atoms with Gasteiger partial charge < -0.3 is 14.6 Å². The van der Waals surface area contributed by atoms with Crippen LogP contribution < -0.4 is 10.1 Å². The monoisotopic (exact) mass is 424 g/mol. The first-order valence-electron chi connectivity index (χ1n) is 10.1. The van der Waals surface area contributed by atoms with E-state index in [0.717, 1.165) is 29.5 Å². The van der Waals surface area contributed by atoms with Crippen LogP contribution in [0.25, 0.3) is 22.8 Å². The Kier molecular flexibility index (Phi) is 5.96. The zero-order valence-electron chi connectivity index (χ0n) is 17.2. The molecule has 0 amide bonds. The van der Waals surface area contributed by atoms with Crippen LogP contribution in [0.1, 0.15) is 43.0 Å². The molecule has 2 aromatic carbocycles. The number of benzene rings is 2. The third kappa shape index (κ3) is 4.42. The van der Waals surface area contributed by atoms with Crippen LogP contribution in [-0.4, -0.2) is 29.2 Å². The van der Waals surface area contributed by atoms with Crippen molar-refractivity contribution in [1.29, 1.82) is 5.26 Å². The van der Waals surface area contributed by atoms with Crippen molar-refractivity contribution in [2.45, 2.75) is 45.3 Å². The van der Waals surface area contributed by atoms with Crippen molar-refractivity contribution in [3.05, 3.63) is 53.1 Å². The Balaban J connectivity index is 1.61. The fraction of sp³-hybridized carbons (Fsp3) is 0.348. The molecule has 8 heteroatoms. The van der Waals surface area contributed by atoms with Crippen molar-refractivity contribution in [3.8, 4) is 34.7 Å². The summed E-state index contributed by atoms with van der Waals surface area (Å²) in [6.07, 6.45) is -0.947. The Hall–Kier alpha value is -3.31. The van der Waals surface area contributed by atoms with Gasteiger partial charge in [-0.3, -0.25) is 0 Å². The molecule has 31 heavy (non-hydrogen) atoms. The second kappa shape index (κ2) is 8.82. The maximum atomic E-state index is 12.6. The van der Waals surface area contributed by atoms with Crippen LogP contribution in [0, 0.1) is 11.3 Å². The molecule has 0 spiro atoms. The minimum atomic E-state index is -2.39. The van der Waals surface area contributed by atoms with E-state index in [1.165, 1.54) is 0 Å². The summed E-state index contributed by atoms with van der Waals surface area (Å²) in [7, 11) is 0. The van der Waals surface area contributed by atoms with Crippen LogP contribution >= 0.6 is 0 Å². The third-order valence-corrected chi connectivity index (χ3v) is 5.17. The predicted molar refractivity (Wildman–Crippen MR) is 111 cm³/mol. The van der Waals surface area contributed by atoms with E-state index >= 15 is 0 Å². The molecule has 1 aromatic heterocycles. The van der Waals surface area contributed by atoms with E-state index < -0.39 is 6.43 Å². The summed E-state index contributed by atoms with van der Waals surface area (Å²) in [5.41, 5.74) is 3.87. The Morgan fingerprint density at radius 3 is 2.87 bits per heavy atom. The molecule has 0 aliphatic heterocycles. The number of fused-ring (bicyclic) bond motifs is 1. The molecular weight excluding hydrogens is 402 g/mol. The molecule has 0 saturated heterocycles. The largest absolute Gasteiger partial charge is 0.490 e. The van der Waals surface area contributed by atoms with Gasteiger partial charge in [-0.1, -0.05) is 23.4 Å². The Morgan fingerprint density at radius 2 is 2.13 bits per heavy atom. The average molecular weight is 424 g/mol. The van der Waals surface area contributed by atoms with Gasteiger partial charge >= 0.3 is 0 Å². The summed E-state index contributed by atoms with van der Waals surface area (Å²) >= 11 is 0. The number of nitrogens with zero attached hydrogens (tertiary/aromatic N) is 3. The van der Waals surface area contributed by atoms with Crippen molar-refractivity contribution < 1.29 is 18.0 Å². The standard InChI is InChI=1S/C23H22F2N4O2/c1-13(2)30-20-9-6-14(10-15(20)11-26)23-28-22(29-31-23)18-5-3-4-17-16(18)7-8-19(17)27-12-21(24)25/h3-6,9-10,13,19,21,27H,7-8,12H2,1-2H3. The Labute approximate surface area is 178 Å². The number of rotatable bonds is 7. The van der Waals surface area contributed by atoms with Crippen molar-refractivity contribution in [3.63, 3.8) is 0 Å². The molecule has 1 heterocycles. The van der Waals surface area contributed by atoms with Crippen LogP contribution in [0.15, 0.2) is 40.9 Å². The molecule has 1 aliphatic carbocycles. The molecule has 1 aliphatic rings. The highest BCUT2D eigenvalue weighted by Crippen LogP contribution is 2.37. The number of ether oxygens (including phenoxy) is 1. The van der Waals surface area contributed by atoms with Gasteiger partial charge in [-0.2, -0.15) is 10.2 Å². The van der Waals surface area contributed by atoms with E-state index in [0.29, 0.717) is 28.6 Å². The molecule has 1 unspecified atom stereocenters. The number of nitriles is 1. The lowest BCUT2D eigenvalue weighted by Crippen LogP contribution is -2.25. The number of halogens is 2. The van der Waals surface area contributed by atoms with Crippen molar-refractivity contribution >= 4 is 0 Å². The molecule has 160 valence electrons. The van der Waals surface area contributed by atoms with Gasteiger partial charge in [-0.25, -0.2) is 8.78 Å². The Morgan fingerprint density at radius 1 is 1.29 bits per heavy atom. The molecule has 0 radical (unpaired) electrons. The highest BCUT2D eigenvalue weighted by molar-refractivity contribution is 5.67. The van der Waals surface area contributed by atoms with Gasteiger partial charge in [0.2, 0.25) is 5.82 Å². The average Bonchev–Trinajstić information content (AvgIpc) is 3.39. The van der Waals surface area contributed by atoms with E-state index in [-0.39, 0.29) is 18.7 Å². The maximum Gasteiger partial charge on any atom is 0.258 e. The van der Waals surface area contributed by atoms with Crippen LogP contribution in [0.2, 0.25) is 0 Å². The zero-order valence-corrected chi connectivity index (χ0v) is 17.2. The van der Waals surface area contributed by atoms with Gasteiger partial charge in [0.25, 0.3) is 12.3 Å². The zero-order chi connectivity index (χ0) is 22.0. The van der Waals surface area contributed by atoms with E-state index in [1.54, 1.807) is 18.2 Å². The highest BCUT2D eigenvalue weighted by Gasteiger charge is 2.27. The molecular formula is C23H22F2N4O2. The van der Waals surface area contributed by atoms with Gasteiger partial charge in [-0.15, -0.1) is 0 Å². The van der Waals surface area contributed by atoms with Crippen LogP contribution in [0.3, 0.4) is 0 Å². The second-order valence-corrected chi connectivity index (χ2v) is 7.68. The fourth-order valence-corrected chi connectivity index (χ4v) is 3.86. The summed E-state index contributed by atoms with van der Waals surface area (Å²) in [6.45, 7) is 3.45. The van der Waals surface area contributed by atoms with Gasteiger partial charge in [0.1, 0.15) is 11.8 Å². The van der Waals surface area contributed by atoms with Crippen LogP contribution in [-0.2, 0) is 6.42 Å². The Bertz CT molecular complexity index is 1120. The van der Waals surface area contributed by atoms with Crippen molar-refractivity contribution in [1.82, 2.24) is 15.5 Å². The van der Waals surface area contributed by atoms with Gasteiger partial charge in [0.15, 0.2) is 0 Å². The lowest BCUT2D eigenvalue weighted by Gasteiger charge is -2.14. The normalized spacial score (nSPS) is 15.3. The summed E-state index contributed by atoms with van der Waals surface area (Å²) in [5.74, 6) is 1.23. The molecule has 1 atom stereocenters. The van der Waals surface area contributed by atoms with Gasteiger partial charge in [0, 0.05) is 17.2 Å². The van der Waals surface area contributed by atoms with Gasteiger partial charge in [0.05, 0.1) is 18.2 Å². The first-order chi connectivity index (χ1) is 15.0. The minimum absolute atomic E-state index is 0.0489. The smallest absolute Gasteiger partial charge is 0.258 e. The maximum absolute atomic E-state index is 12.6. The topological polar surface area (TPSA) is 84.0 Å². The first-order valence-corrected chi connectivity index (χ1v) is 10.1. The molecule has 0 saturated carbocycles. The SMILES string of the molecule is CC(C)Oc1ccc(-c2nc(-c3cccc4c3CCC4NCC(F)F)no2)cc1C#N. The third-order valence-electron chi connectivity index (χ3n) is 5.17. The van der Waals surface area contributed by atoms with Crippen LogP contribution in [0.4, 0.5) is 8.78 Å². The highest BCUT2D eigenvalue weighted by atomic mass is 19.3. The predicted octanol–water partition coefficient (Wildman–Crippen LogP) is 4.90. The van der Waals surface area contributed by atoms with E-state index in [9.17, 15) is 14.0 Å². The van der Waals surface area contributed by atoms with Crippen molar-refractivity contribution in [2.24, 2.45) is 0 Å². The minimum Gasteiger partial charge on any atom is -0.490 e. The van der Waals surface area contributed by atoms with Crippen LogP contribution in [0.5, 0.6) is 5.75 Å². The fourth-order valence-electron chi connectivity index (χ4n) is 3.86. The second-order valence-electron chi connectivity index (χ2n) is 7.68. The summed E-state index contributed by atoms with van der Waals surface area (Å²) < 4.78 is 36.3. The molecule has 6 nitrogen and oxygen atoms in total. The number of alkyl halides is 2. The molecule has 3 aromatic rings. The number of hydrogen-bond donors (Lipinski definition) is 1. The first kappa shape index (κ1) is 20.9. The van der Waals surface area contributed by atoms with Gasteiger partial charge in [-0.05, 0) is 56.0 Å². The summed E-state index contributed by atoms with van der Waals surface area (Å²) in [4.78, 5) is 4.53. The van der Waals surface area contributed by atoms with E-state index in [1.807, 2.05) is 32.0 Å². The number of nitrogens with one attached hydrogen (secondary N) is 1. The molecule has 0 fully saturated rings.